The van der Waals surface area contributed by atoms with Crippen LogP contribution in [0.15, 0.2) is 18.2 Å². The molecule has 2 rings (SSSR count). The number of rotatable bonds is 3. The summed E-state index contributed by atoms with van der Waals surface area (Å²) in [7, 11) is 0. The van der Waals surface area contributed by atoms with Crippen LogP contribution in [0, 0.1) is 11.2 Å². The molecule has 0 atom stereocenters. The lowest BCUT2D eigenvalue weighted by atomic mass is 9.66. The second kappa shape index (κ2) is 4.11. The number of halogens is 2. The molecule has 0 saturated heterocycles. The van der Waals surface area contributed by atoms with Crippen molar-refractivity contribution < 1.29 is 9.50 Å². The lowest BCUT2D eigenvalue weighted by Gasteiger charge is -2.40. The summed E-state index contributed by atoms with van der Waals surface area (Å²) >= 11 is 5.68. The minimum atomic E-state index is -0.262. The molecule has 0 aliphatic heterocycles. The van der Waals surface area contributed by atoms with E-state index in [4.69, 9.17) is 11.6 Å². The molecule has 0 bridgehead atoms. The molecule has 0 aromatic heterocycles. The van der Waals surface area contributed by atoms with Crippen LogP contribution in [-0.2, 0) is 6.42 Å². The van der Waals surface area contributed by atoms with Crippen LogP contribution < -0.4 is 0 Å². The number of hydrogen-bond donors (Lipinski definition) is 1. The maximum absolute atomic E-state index is 13.5. The monoisotopic (exact) mass is 228 g/mol. The highest BCUT2D eigenvalue weighted by Gasteiger charge is 2.36. The second-order valence-electron chi connectivity index (χ2n) is 4.42. The fourth-order valence-corrected chi connectivity index (χ4v) is 2.30. The van der Waals surface area contributed by atoms with Gasteiger partial charge in [-0.1, -0.05) is 24.1 Å². The first-order valence-corrected chi connectivity index (χ1v) is 5.58. The van der Waals surface area contributed by atoms with Crippen molar-refractivity contribution in [2.75, 3.05) is 6.61 Å². The maximum atomic E-state index is 13.5. The van der Waals surface area contributed by atoms with Crippen molar-refractivity contribution in [1.29, 1.82) is 0 Å². The molecule has 0 unspecified atom stereocenters. The Morgan fingerprint density at radius 1 is 1.40 bits per heavy atom. The van der Waals surface area contributed by atoms with E-state index in [1.807, 2.05) is 0 Å². The average Bonchev–Trinajstić information content (AvgIpc) is 2.14. The van der Waals surface area contributed by atoms with E-state index in [0.29, 0.717) is 17.0 Å². The highest BCUT2D eigenvalue weighted by molar-refractivity contribution is 6.30. The highest BCUT2D eigenvalue weighted by Crippen LogP contribution is 2.43. The maximum Gasteiger partial charge on any atom is 0.127 e. The molecular weight excluding hydrogens is 215 g/mol. The van der Waals surface area contributed by atoms with Crippen LogP contribution in [-0.4, -0.2) is 11.7 Å². The molecule has 3 heteroatoms. The largest absolute Gasteiger partial charge is 0.396 e. The van der Waals surface area contributed by atoms with E-state index in [0.717, 1.165) is 19.3 Å². The molecule has 1 aliphatic rings. The Hall–Kier alpha value is -0.600. The van der Waals surface area contributed by atoms with E-state index in [1.165, 1.54) is 6.07 Å². The van der Waals surface area contributed by atoms with Crippen molar-refractivity contribution in [2.45, 2.75) is 25.7 Å². The SMILES string of the molecule is OCC1(Cc2ccc(Cl)cc2F)CCC1. The normalized spacial score (nSPS) is 18.6. The number of aliphatic hydroxyl groups excluding tert-OH is 1. The summed E-state index contributed by atoms with van der Waals surface area (Å²) in [6, 6.07) is 4.75. The Morgan fingerprint density at radius 3 is 2.60 bits per heavy atom. The topological polar surface area (TPSA) is 20.2 Å². The molecule has 1 N–H and O–H groups in total. The Labute approximate surface area is 93.9 Å². The first-order valence-electron chi connectivity index (χ1n) is 5.20. The quantitative estimate of drug-likeness (QED) is 0.843. The lowest BCUT2D eigenvalue weighted by molar-refractivity contribution is 0.0442. The van der Waals surface area contributed by atoms with Crippen molar-refractivity contribution in [3.63, 3.8) is 0 Å². The third-order valence-electron chi connectivity index (χ3n) is 3.33. The van der Waals surface area contributed by atoms with Gasteiger partial charge in [0.15, 0.2) is 0 Å². The molecule has 0 radical (unpaired) electrons. The Balaban J connectivity index is 2.16. The predicted octanol–water partition coefficient (Wildman–Crippen LogP) is 3.18. The summed E-state index contributed by atoms with van der Waals surface area (Å²) in [5.74, 6) is -0.262. The van der Waals surface area contributed by atoms with Crippen molar-refractivity contribution in [3.8, 4) is 0 Å². The zero-order valence-corrected chi connectivity index (χ0v) is 9.23. The number of aliphatic hydroxyl groups is 1. The molecule has 1 aromatic carbocycles. The first-order chi connectivity index (χ1) is 7.15. The molecule has 15 heavy (non-hydrogen) atoms. The lowest BCUT2D eigenvalue weighted by Crippen LogP contribution is -2.35. The van der Waals surface area contributed by atoms with Crippen molar-refractivity contribution in [3.05, 3.63) is 34.6 Å². The minimum absolute atomic E-state index is 0.0747. The zero-order chi connectivity index (χ0) is 10.9. The summed E-state index contributed by atoms with van der Waals surface area (Å²) in [5, 5.41) is 9.71. The second-order valence-corrected chi connectivity index (χ2v) is 4.86. The van der Waals surface area contributed by atoms with Crippen LogP contribution >= 0.6 is 11.6 Å². The molecule has 1 saturated carbocycles. The van der Waals surface area contributed by atoms with Gasteiger partial charge in [0.25, 0.3) is 0 Å². The Morgan fingerprint density at radius 2 is 2.13 bits per heavy atom. The van der Waals surface area contributed by atoms with Crippen LogP contribution in [0.3, 0.4) is 0 Å². The van der Waals surface area contributed by atoms with Gasteiger partial charge in [-0.15, -0.1) is 0 Å². The third-order valence-corrected chi connectivity index (χ3v) is 3.57. The molecule has 1 nitrogen and oxygen atoms in total. The van der Waals surface area contributed by atoms with Gasteiger partial charge < -0.3 is 5.11 Å². The summed E-state index contributed by atoms with van der Waals surface area (Å²) in [5.41, 5.74) is 0.586. The van der Waals surface area contributed by atoms with E-state index < -0.39 is 0 Å². The Bertz CT molecular complexity index is 355. The van der Waals surface area contributed by atoms with Crippen molar-refractivity contribution >= 4 is 11.6 Å². The first kappa shape index (κ1) is 10.9. The molecule has 0 amide bonds. The summed E-state index contributed by atoms with van der Waals surface area (Å²) in [6.07, 6.45) is 3.74. The van der Waals surface area contributed by atoms with Crippen molar-refractivity contribution in [1.82, 2.24) is 0 Å². The van der Waals surface area contributed by atoms with Crippen LogP contribution in [0.1, 0.15) is 24.8 Å². The van der Waals surface area contributed by atoms with Crippen LogP contribution in [0.25, 0.3) is 0 Å². The zero-order valence-electron chi connectivity index (χ0n) is 8.47. The summed E-state index contributed by atoms with van der Waals surface area (Å²) < 4.78 is 13.5. The fourth-order valence-electron chi connectivity index (χ4n) is 2.14. The fraction of sp³-hybridized carbons (Fsp3) is 0.500. The van der Waals surface area contributed by atoms with E-state index >= 15 is 0 Å². The minimum Gasteiger partial charge on any atom is -0.396 e. The van der Waals surface area contributed by atoms with E-state index in [9.17, 15) is 9.50 Å². The summed E-state index contributed by atoms with van der Waals surface area (Å²) in [6.45, 7) is 0.148. The number of hydrogen-bond acceptors (Lipinski definition) is 1. The molecule has 1 fully saturated rings. The van der Waals surface area contributed by atoms with Crippen molar-refractivity contribution in [2.24, 2.45) is 5.41 Å². The van der Waals surface area contributed by atoms with Gasteiger partial charge in [-0.2, -0.15) is 0 Å². The molecular formula is C12H14ClFO. The van der Waals surface area contributed by atoms with Gasteiger partial charge in [-0.05, 0) is 42.4 Å². The van der Waals surface area contributed by atoms with E-state index in [2.05, 4.69) is 0 Å². The van der Waals surface area contributed by atoms with Crippen LogP contribution in [0.4, 0.5) is 4.39 Å². The van der Waals surface area contributed by atoms with Gasteiger partial charge in [-0.3, -0.25) is 0 Å². The smallest absolute Gasteiger partial charge is 0.127 e. The van der Waals surface area contributed by atoms with Gasteiger partial charge in [0, 0.05) is 11.6 Å². The van der Waals surface area contributed by atoms with Crippen LogP contribution in [0.2, 0.25) is 5.02 Å². The number of benzene rings is 1. The van der Waals surface area contributed by atoms with E-state index in [1.54, 1.807) is 12.1 Å². The summed E-state index contributed by atoms with van der Waals surface area (Å²) in [4.78, 5) is 0. The molecule has 0 spiro atoms. The molecule has 82 valence electrons. The van der Waals surface area contributed by atoms with E-state index in [-0.39, 0.29) is 17.8 Å². The van der Waals surface area contributed by atoms with Gasteiger partial charge in [0.05, 0.1) is 0 Å². The predicted molar refractivity (Wildman–Crippen MR) is 58.5 cm³/mol. The van der Waals surface area contributed by atoms with Crippen LogP contribution in [0.5, 0.6) is 0 Å². The third kappa shape index (κ3) is 2.16. The van der Waals surface area contributed by atoms with Gasteiger partial charge in [0.2, 0.25) is 0 Å². The highest BCUT2D eigenvalue weighted by atomic mass is 35.5. The van der Waals surface area contributed by atoms with Gasteiger partial charge >= 0.3 is 0 Å². The van der Waals surface area contributed by atoms with Gasteiger partial charge in [0.1, 0.15) is 5.82 Å². The Kier molecular flexibility index (Phi) is 2.98. The van der Waals surface area contributed by atoms with Gasteiger partial charge in [-0.25, -0.2) is 4.39 Å². The average molecular weight is 229 g/mol. The standard InChI is InChI=1S/C12H14ClFO/c13-10-3-2-9(11(14)6-10)7-12(8-15)4-1-5-12/h2-3,6,15H,1,4-5,7-8H2. The molecule has 0 heterocycles. The molecule has 1 aromatic rings. The molecule has 1 aliphatic carbocycles.